The highest BCUT2D eigenvalue weighted by Gasteiger charge is 2.26. The van der Waals surface area contributed by atoms with Crippen molar-refractivity contribution in [2.24, 2.45) is 0 Å². The molecular weight excluding hydrogens is 320 g/mol. The Labute approximate surface area is 137 Å². The molecule has 0 radical (unpaired) electrons. The number of nitrogens with one attached hydrogen (secondary N) is 2. The van der Waals surface area contributed by atoms with Gasteiger partial charge in [0.2, 0.25) is 0 Å². The SMILES string of the molecule is O=C(NC1CCN(c2ccc(F)cc2F)C1)c1ccc[nH]c1=S. The normalized spacial score (nSPS) is 17.3. The molecule has 1 amide bonds. The fourth-order valence-corrected chi connectivity index (χ4v) is 2.93. The van der Waals surface area contributed by atoms with Gasteiger partial charge in [-0.2, -0.15) is 0 Å². The average Bonchev–Trinajstić information content (AvgIpc) is 2.95. The van der Waals surface area contributed by atoms with E-state index in [1.54, 1.807) is 23.2 Å². The summed E-state index contributed by atoms with van der Waals surface area (Å²) < 4.78 is 27.2. The fourth-order valence-electron chi connectivity index (χ4n) is 2.70. The number of benzene rings is 1. The lowest BCUT2D eigenvalue weighted by Gasteiger charge is -2.19. The quantitative estimate of drug-likeness (QED) is 0.848. The molecule has 1 aromatic carbocycles. The Morgan fingerprint density at radius 1 is 1.35 bits per heavy atom. The lowest BCUT2D eigenvalue weighted by Crippen LogP contribution is -2.37. The Morgan fingerprint density at radius 3 is 2.91 bits per heavy atom. The van der Waals surface area contributed by atoms with Crippen molar-refractivity contribution in [1.82, 2.24) is 10.3 Å². The van der Waals surface area contributed by atoms with Gasteiger partial charge in [-0.1, -0.05) is 12.2 Å². The van der Waals surface area contributed by atoms with Crippen LogP contribution in [0.5, 0.6) is 0 Å². The molecule has 2 N–H and O–H groups in total. The fraction of sp³-hybridized carbons (Fsp3) is 0.250. The molecule has 1 fully saturated rings. The summed E-state index contributed by atoms with van der Waals surface area (Å²) in [5.41, 5.74) is 0.758. The average molecular weight is 335 g/mol. The third kappa shape index (κ3) is 3.39. The molecule has 7 heteroatoms. The third-order valence-electron chi connectivity index (χ3n) is 3.84. The number of hydrogen-bond acceptors (Lipinski definition) is 3. The number of hydrogen-bond donors (Lipinski definition) is 2. The van der Waals surface area contributed by atoms with E-state index in [0.29, 0.717) is 35.4 Å². The number of aromatic nitrogens is 1. The second-order valence-corrected chi connectivity index (χ2v) is 5.82. The highest BCUT2D eigenvalue weighted by molar-refractivity contribution is 7.71. The van der Waals surface area contributed by atoms with Crippen LogP contribution in [0.1, 0.15) is 16.8 Å². The van der Waals surface area contributed by atoms with Gasteiger partial charge in [0.25, 0.3) is 5.91 Å². The van der Waals surface area contributed by atoms with Crippen LogP contribution in [0.4, 0.5) is 14.5 Å². The zero-order valence-electron chi connectivity index (χ0n) is 12.2. The van der Waals surface area contributed by atoms with Gasteiger partial charge in [0, 0.05) is 31.4 Å². The summed E-state index contributed by atoms with van der Waals surface area (Å²) in [6.45, 7) is 1.06. The standard InChI is InChI=1S/C16H15F2N3OS/c17-10-3-4-14(13(18)8-10)21-7-5-11(9-21)20-15(22)12-2-1-6-19-16(12)23/h1-4,6,8,11H,5,7,9H2,(H,19,23)(H,20,22). The molecule has 120 valence electrons. The van der Waals surface area contributed by atoms with Crippen LogP contribution in [0.3, 0.4) is 0 Å². The van der Waals surface area contributed by atoms with E-state index in [4.69, 9.17) is 12.2 Å². The lowest BCUT2D eigenvalue weighted by atomic mass is 10.2. The number of rotatable bonds is 3. The Kier molecular flexibility index (Phi) is 4.38. The topological polar surface area (TPSA) is 48.1 Å². The minimum absolute atomic E-state index is 0.110. The van der Waals surface area contributed by atoms with Crippen molar-refractivity contribution < 1.29 is 13.6 Å². The highest BCUT2D eigenvalue weighted by Crippen LogP contribution is 2.24. The number of anilines is 1. The predicted molar refractivity (Wildman–Crippen MR) is 86.1 cm³/mol. The molecule has 1 aliphatic rings. The molecule has 1 saturated heterocycles. The molecule has 1 unspecified atom stereocenters. The van der Waals surface area contributed by atoms with Crippen molar-refractivity contribution in [3.05, 3.63) is 58.4 Å². The second-order valence-electron chi connectivity index (χ2n) is 5.41. The van der Waals surface area contributed by atoms with Crippen LogP contribution < -0.4 is 10.2 Å². The zero-order chi connectivity index (χ0) is 16.4. The molecule has 23 heavy (non-hydrogen) atoms. The van der Waals surface area contributed by atoms with Gasteiger partial charge < -0.3 is 15.2 Å². The van der Waals surface area contributed by atoms with Crippen molar-refractivity contribution >= 4 is 23.8 Å². The first-order valence-electron chi connectivity index (χ1n) is 7.23. The van der Waals surface area contributed by atoms with Crippen LogP contribution in [-0.2, 0) is 0 Å². The van der Waals surface area contributed by atoms with Crippen molar-refractivity contribution in [1.29, 1.82) is 0 Å². The minimum Gasteiger partial charge on any atom is -0.367 e. The van der Waals surface area contributed by atoms with Gasteiger partial charge in [-0.15, -0.1) is 0 Å². The number of carbonyl (C=O) groups excluding carboxylic acids is 1. The van der Waals surface area contributed by atoms with Crippen LogP contribution in [0, 0.1) is 16.3 Å². The molecule has 2 aromatic rings. The monoisotopic (exact) mass is 335 g/mol. The molecule has 1 aliphatic heterocycles. The molecule has 0 bridgehead atoms. The van der Waals surface area contributed by atoms with Crippen LogP contribution in [0.2, 0.25) is 0 Å². The van der Waals surface area contributed by atoms with Crippen LogP contribution in [0.25, 0.3) is 0 Å². The number of carbonyl (C=O) groups is 1. The molecule has 3 rings (SSSR count). The van der Waals surface area contributed by atoms with Crippen molar-refractivity contribution in [3.8, 4) is 0 Å². The maximum Gasteiger partial charge on any atom is 0.254 e. The molecule has 1 aromatic heterocycles. The lowest BCUT2D eigenvalue weighted by molar-refractivity contribution is 0.0939. The first-order chi connectivity index (χ1) is 11.0. The summed E-state index contributed by atoms with van der Waals surface area (Å²) in [6, 6.07) is 6.77. The summed E-state index contributed by atoms with van der Waals surface area (Å²) in [6.07, 6.45) is 2.35. The summed E-state index contributed by atoms with van der Waals surface area (Å²) in [5.74, 6) is -1.45. The van der Waals surface area contributed by atoms with Gasteiger partial charge in [-0.05, 0) is 30.7 Å². The zero-order valence-corrected chi connectivity index (χ0v) is 13.0. The number of amides is 1. The summed E-state index contributed by atoms with van der Waals surface area (Å²) in [7, 11) is 0. The molecule has 0 saturated carbocycles. The van der Waals surface area contributed by atoms with Crippen LogP contribution in [-0.4, -0.2) is 30.0 Å². The Balaban J connectivity index is 1.67. The molecule has 1 atom stereocenters. The second kappa shape index (κ2) is 6.45. The maximum atomic E-state index is 13.8. The van der Waals surface area contributed by atoms with Crippen molar-refractivity contribution in [2.75, 3.05) is 18.0 Å². The molecule has 0 spiro atoms. The maximum absolute atomic E-state index is 13.8. The van der Waals surface area contributed by atoms with Crippen molar-refractivity contribution in [2.45, 2.75) is 12.5 Å². The van der Waals surface area contributed by atoms with E-state index in [1.807, 2.05) is 0 Å². The van der Waals surface area contributed by atoms with E-state index in [9.17, 15) is 13.6 Å². The smallest absolute Gasteiger partial charge is 0.254 e. The Morgan fingerprint density at radius 2 is 2.17 bits per heavy atom. The van der Waals surface area contributed by atoms with Gasteiger partial charge in [0.1, 0.15) is 16.3 Å². The van der Waals surface area contributed by atoms with E-state index >= 15 is 0 Å². The largest absolute Gasteiger partial charge is 0.367 e. The molecule has 4 nitrogen and oxygen atoms in total. The van der Waals surface area contributed by atoms with Crippen molar-refractivity contribution in [3.63, 3.8) is 0 Å². The van der Waals surface area contributed by atoms with E-state index < -0.39 is 11.6 Å². The number of halogens is 2. The third-order valence-corrected chi connectivity index (χ3v) is 4.17. The number of aromatic amines is 1. The molecular formula is C16H15F2N3OS. The van der Waals surface area contributed by atoms with Gasteiger partial charge in [0.15, 0.2) is 0 Å². The van der Waals surface area contributed by atoms with Gasteiger partial charge >= 0.3 is 0 Å². The van der Waals surface area contributed by atoms with Gasteiger partial charge in [0.05, 0.1) is 11.3 Å². The van der Waals surface area contributed by atoms with E-state index in [-0.39, 0.29) is 11.9 Å². The highest BCUT2D eigenvalue weighted by atomic mass is 32.1. The summed E-state index contributed by atoms with van der Waals surface area (Å²) in [5, 5.41) is 2.90. The number of pyridine rings is 1. The summed E-state index contributed by atoms with van der Waals surface area (Å²) >= 11 is 5.09. The first-order valence-corrected chi connectivity index (χ1v) is 7.64. The van der Waals surface area contributed by atoms with E-state index in [1.165, 1.54) is 12.1 Å². The van der Waals surface area contributed by atoms with Crippen LogP contribution in [0.15, 0.2) is 36.5 Å². The molecule has 0 aliphatic carbocycles. The predicted octanol–water partition coefficient (Wildman–Crippen LogP) is 3.03. The number of nitrogens with zero attached hydrogens (tertiary/aromatic N) is 1. The summed E-state index contributed by atoms with van der Waals surface area (Å²) in [4.78, 5) is 16.8. The Hall–Kier alpha value is -2.28. The van der Waals surface area contributed by atoms with E-state index in [2.05, 4.69) is 10.3 Å². The Bertz CT molecular complexity index is 793. The van der Waals surface area contributed by atoms with E-state index in [0.717, 1.165) is 6.07 Å². The minimum atomic E-state index is -0.603. The molecule has 2 heterocycles. The number of H-pyrrole nitrogens is 1. The van der Waals surface area contributed by atoms with Crippen LogP contribution >= 0.6 is 12.2 Å². The van der Waals surface area contributed by atoms with Gasteiger partial charge in [-0.3, -0.25) is 4.79 Å². The van der Waals surface area contributed by atoms with Gasteiger partial charge in [-0.25, -0.2) is 8.78 Å². The first kappa shape index (κ1) is 15.6.